The van der Waals surface area contributed by atoms with Gasteiger partial charge in [-0.25, -0.2) is 0 Å². The summed E-state index contributed by atoms with van der Waals surface area (Å²) in [5.74, 6) is -0.180. The van der Waals surface area contributed by atoms with E-state index in [9.17, 15) is 9.90 Å². The fourth-order valence-electron chi connectivity index (χ4n) is 2.60. The monoisotopic (exact) mass is 300 g/mol. The molecular formula is C18H36O3. The number of ether oxygens (including phenoxy) is 1. The summed E-state index contributed by atoms with van der Waals surface area (Å²) in [5, 5.41) is 9.81. The van der Waals surface area contributed by atoms with E-state index in [-0.39, 0.29) is 12.1 Å². The Kier molecular flexibility index (Phi) is 15.4. The van der Waals surface area contributed by atoms with Gasteiger partial charge in [0.25, 0.3) is 0 Å². The maximum absolute atomic E-state index is 10.9. The van der Waals surface area contributed by atoms with Crippen molar-refractivity contribution in [3.8, 4) is 0 Å². The van der Waals surface area contributed by atoms with Crippen molar-refractivity contribution in [2.75, 3.05) is 7.11 Å². The van der Waals surface area contributed by atoms with E-state index in [1.165, 1.54) is 64.9 Å². The molecule has 0 aromatic heterocycles. The van der Waals surface area contributed by atoms with Crippen molar-refractivity contribution in [3.05, 3.63) is 0 Å². The molecule has 0 fully saturated rings. The molecule has 0 rings (SSSR count). The third-order valence-electron chi connectivity index (χ3n) is 4.04. The molecule has 0 saturated carbocycles. The highest BCUT2D eigenvalue weighted by Gasteiger charge is 2.06. The Morgan fingerprint density at radius 3 is 1.86 bits per heavy atom. The third kappa shape index (κ3) is 15.6. The Hall–Kier alpha value is -0.570. The van der Waals surface area contributed by atoms with Gasteiger partial charge in [0.15, 0.2) is 0 Å². The SMILES string of the molecule is CCCCCCCCCCCCC(O)CCCC(=O)OC. The van der Waals surface area contributed by atoms with E-state index >= 15 is 0 Å². The molecular weight excluding hydrogens is 264 g/mol. The van der Waals surface area contributed by atoms with Gasteiger partial charge in [-0.2, -0.15) is 0 Å². The lowest BCUT2D eigenvalue weighted by atomic mass is 10.0. The minimum Gasteiger partial charge on any atom is -0.469 e. The van der Waals surface area contributed by atoms with Gasteiger partial charge in [0.2, 0.25) is 0 Å². The molecule has 0 aliphatic heterocycles. The van der Waals surface area contributed by atoms with Crippen LogP contribution in [0.25, 0.3) is 0 Å². The largest absolute Gasteiger partial charge is 0.469 e. The van der Waals surface area contributed by atoms with Gasteiger partial charge in [-0.1, -0.05) is 71.1 Å². The van der Waals surface area contributed by atoms with Gasteiger partial charge >= 0.3 is 5.97 Å². The Labute approximate surface area is 131 Å². The molecule has 1 unspecified atom stereocenters. The van der Waals surface area contributed by atoms with Crippen LogP contribution in [0.5, 0.6) is 0 Å². The molecule has 3 nitrogen and oxygen atoms in total. The number of carbonyl (C=O) groups excluding carboxylic acids is 1. The van der Waals surface area contributed by atoms with Crippen LogP contribution in [0.3, 0.4) is 0 Å². The van der Waals surface area contributed by atoms with Crippen LogP contribution in [0.1, 0.15) is 96.8 Å². The average molecular weight is 300 g/mol. The highest BCUT2D eigenvalue weighted by Crippen LogP contribution is 2.13. The summed E-state index contributed by atoms with van der Waals surface area (Å²) in [7, 11) is 1.41. The standard InChI is InChI=1S/C18H36O3/c1-3-4-5-6-7-8-9-10-11-12-14-17(19)15-13-16-18(20)21-2/h17,19H,3-16H2,1-2H3. The van der Waals surface area contributed by atoms with Gasteiger partial charge in [0.05, 0.1) is 13.2 Å². The van der Waals surface area contributed by atoms with E-state index in [4.69, 9.17) is 0 Å². The maximum atomic E-state index is 10.9. The van der Waals surface area contributed by atoms with Gasteiger partial charge in [-0.15, -0.1) is 0 Å². The van der Waals surface area contributed by atoms with Gasteiger partial charge < -0.3 is 9.84 Å². The molecule has 0 amide bonds. The number of unbranched alkanes of at least 4 members (excludes halogenated alkanes) is 9. The Balaban J connectivity index is 3.17. The normalized spacial score (nSPS) is 12.3. The Morgan fingerprint density at radius 2 is 1.33 bits per heavy atom. The fraction of sp³-hybridized carbons (Fsp3) is 0.944. The highest BCUT2D eigenvalue weighted by molar-refractivity contribution is 5.68. The molecule has 126 valence electrons. The molecule has 0 saturated heterocycles. The lowest BCUT2D eigenvalue weighted by Crippen LogP contribution is -2.08. The number of methoxy groups -OCH3 is 1. The fourth-order valence-corrected chi connectivity index (χ4v) is 2.60. The van der Waals surface area contributed by atoms with Crippen LogP contribution in [-0.4, -0.2) is 24.3 Å². The first kappa shape index (κ1) is 20.4. The van der Waals surface area contributed by atoms with Crippen molar-refractivity contribution in [1.29, 1.82) is 0 Å². The second kappa shape index (κ2) is 15.8. The molecule has 0 spiro atoms. The minimum absolute atomic E-state index is 0.180. The molecule has 0 aliphatic carbocycles. The van der Waals surface area contributed by atoms with Crippen molar-refractivity contribution in [2.45, 2.75) is 103 Å². The molecule has 1 N–H and O–H groups in total. The number of hydrogen-bond acceptors (Lipinski definition) is 3. The maximum Gasteiger partial charge on any atom is 0.305 e. The van der Waals surface area contributed by atoms with Gasteiger partial charge in [0.1, 0.15) is 0 Å². The smallest absolute Gasteiger partial charge is 0.305 e. The van der Waals surface area contributed by atoms with Gasteiger partial charge in [0, 0.05) is 6.42 Å². The zero-order valence-corrected chi connectivity index (χ0v) is 14.2. The summed E-state index contributed by atoms with van der Waals surface area (Å²) in [6.45, 7) is 2.25. The average Bonchev–Trinajstić information content (AvgIpc) is 2.49. The first-order valence-electron chi connectivity index (χ1n) is 8.95. The summed E-state index contributed by atoms with van der Waals surface area (Å²) in [5.41, 5.74) is 0. The topological polar surface area (TPSA) is 46.5 Å². The number of aliphatic hydroxyl groups excluding tert-OH is 1. The number of carbonyl (C=O) groups is 1. The molecule has 0 aromatic carbocycles. The molecule has 3 heteroatoms. The van der Waals surface area contributed by atoms with Crippen LogP contribution in [-0.2, 0) is 9.53 Å². The van der Waals surface area contributed by atoms with E-state index in [0.29, 0.717) is 12.8 Å². The first-order chi connectivity index (χ1) is 10.2. The van der Waals surface area contributed by atoms with Crippen molar-refractivity contribution < 1.29 is 14.6 Å². The molecule has 21 heavy (non-hydrogen) atoms. The van der Waals surface area contributed by atoms with Crippen molar-refractivity contribution in [2.24, 2.45) is 0 Å². The summed E-state index contributed by atoms with van der Waals surface area (Å²) in [6.07, 6.45) is 15.7. The zero-order valence-electron chi connectivity index (χ0n) is 14.2. The second-order valence-electron chi connectivity index (χ2n) is 6.09. The number of aliphatic hydroxyl groups is 1. The molecule has 0 heterocycles. The molecule has 0 bridgehead atoms. The van der Waals surface area contributed by atoms with Crippen LogP contribution in [0.4, 0.5) is 0 Å². The number of hydrogen-bond donors (Lipinski definition) is 1. The first-order valence-corrected chi connectivity index (χ1v) is 8.95. The van der Waals surface area contributed by atoms with E-state index in [1.807, 2.05) is 0 Å². The number of esters is 1. The van der Waals surface area contributed by atoms with Crippen molar-refractivity contribution in [1.82, 2.24) is 0 Å². The van der Waals surface area contributed by atoms with Crippen LogP contribution in [0.2, 0.25) is 0 Å². The summed E-state index contributed by atoms with van der Waals surface area (Å²) < 4.78 is 4.58. The summed E-state index contributed by atoms with van der Waals surface area (Å²) >= 11 is 0. The zero-order chi connectivity index (χ0) is 15.8. The molecule has 0 aliphatic rings. The molecule has 0 aromatic rings. The molecule has 1 atom stereocenters. The minimum atomic E-state index is -0.247. The predicted molar refractivity (Wildman–Crippen MR) is 88.3 cm³/mol. The van der Waals surface area contributed by atoms with Crippen LogP contribution < -0.4 is 0 Å². The van der Waals surface area contributed by atoms with Crippen molar-refractivity contribution >= 4 is 5.97 Å². The quantitative estimate of drug-likeness (QED) is 0.342. The summed E-state index contributed by atoms with van der Waals surface area (Å²) in [4.78, 5) is 10.9. The van der Waals surface area contributed by atoms with Crippen LogP contribution in [0.15, 0.2) is 0 Å². The molecule has 0 radical (unpaired) electrons. The van der Waals surface area contributed by atoms with E-state index in [1.54, 1.807) is 0 Å². The summed E-state index contributed by atoms with van der Waals surface area (Å²) in [6, 6.07) is 0. The van der Waals surface area contributed by atoms with Crippen LogP contribution in [0, 0.1) is 0 Å². The van der Waals surface area contributed by atoms with Gasteiger partial charge in [-0.05, 0) is 19.3 Å². The van der Waals surface area contributed by atoms with Gasteiger partial charge in [-0.3, -0.25) is 4.79 Å². The lowest BCUT2D eigenvalue weighted by Gasteiger charge is -2.09. The highest BCUT2D eigenvalue weighted by atomic mass is 16.5. The Morgan fingerprint density at radius 1 is 0.857 bits per heavy atom. The third-order valence-corrected chi connectivity index (χ3v) is 4.04. The van der Waals surface area contributed by atoms with Crippen LogP contribution >= 0.6 is 0 Å². The van der Waals surface area contributed by atoms with Crippen molar-refractivity contribution in [3.63, 3.8) is 0 Å². The second-order valence-corrected chi connectivity index (χ2v) is 6.09. The number of rotatable bonds is 15. The van der Waals surface area contributed by atoms with E-state index in [0.717, 1.165) is 19.3 Å². The van der Waals surface area contributed by atoms with E-state index < -0.39 is 0 Å². The Bertz CT molecular complexity index is 229. The predicted octanol–water partition coefficient (Wildman–Crippen LogP) is 5.00. The van der Waals surface area contributed by atoms with E-state index in [2.05, 4.69) is 11.7 Å². The lowest BCUT2D eigenvalue weighted by molar-refractivity contribution is -0.140.